The molecule has 0 bridgehead atoms. The van der Waals surface area contributed by atoms with Gasteiger partial charge in [-0.3, -0.25) is 4.79 Å². The summed E-state index contributed by atoms with van der Waals surface area (Å²) < 4.78 is 0. The van der Waals surface area contributed by atoms with Gasteiger partial charge in [0, 0.05) is 18.1 Å². The van der Waals surface area contributed by atoms with E-state index in [9.17, 15) is 4.79 Å². The number of amides is 1. The molecule has 1 heterocycles. The molecule has 1 aliphatic carbocycles. The molecule has 98 valence electrons. The molecule has 3 nitrogen and oxygen atoms in total. The molecule has 17 heavy (non-hydrogen) atoms. The van der Waals surface area contributed by atoms with Gasteiger partial charge in [-0.1, -0.05) is 13.8 Å². The van der Waals surface area contributed by atoms with Gasteiger partial charge in [0.25, 0.3) is 0 Å². The van der Waals surface area contributed by atoms with Crippen molar-refractivity contribution in [2.24, 2.45) is 0 Å². The maximum absolute atomic E-state index is 12.5. The molecule has 1 N–H and O–H groups in total. The van der Waals surface area contributed by atoms with E-state index < -0.39 is 0 Å². The van der Waals surface area contributed by atoms with E-state index in [-0.39, 0.29) is 11.6 Å². The molecule has 1 aliphatic heterocycles. The zero-order valence-electron chi connectivity index (χ0n) is 11.5. The van der Waals surface area contributed by atoms with E-state index in [1.54, 1.807) is 0 Å². The van der Waals surface area contributed by atoms with E-state index >= 15 is 0 Å². The lowest BCUT2D eigenvalue weighted by Gasteiger charge is -2.45. The average Bonchev–Trinajstić information content (AvgIpc) is 3.15. The molecular weight excluding hydrogens is 212 g/mol. The molecule has 1 atom stereocenters. The van der Waals surface area contributed by atoms with Gasteiger partial charge in [0.1, 0.15) is 0 Å². The molecule has 1 saturated carbocycles. The van der Waals surface area contributed by atoms with Crippen molar-refractivity contribution < 1.29 is 4.79 Å². The standard InChI is InChI=1S/C14H26N2O/c1-4-14(3,5-2)16-10-6-7-12(13(16)17)15-11-8-9-11/h11-12,15H,4-10H2,1-3H3. The lowest BCUT2D eigenvalue weighted by atomic mass is 9.89. The van der Waals surface area contributed by atoms with Crippen molar-refractivity contribution in [2.75, 3.05) is 6.54 Å². The second kappa shape index (κ2) is 4.97. The Hall–Kier alpha value is -0.570. The Bertz CT molecular complexity index is 282. The van der Waals surface area contributed by atoms with E-state index in [0.29, 0.717) is 11.9 Å². The number of carbonyl (C=O) groups is 1. The number of piperidine rings is 1. The van der Waals surface area contributed by atoms with Crippen LogP contribution in [0.4, 0.5) is 0 Å². The third-order valence-electron chi connectivity index (χ3n) is 4.63. The molecule has 0 radical (unpaired) electrons. The monoisotopic (exact) mass is 238 g/mol. The average molecular weight is 238 g/mol. The smallest absolute Gasteiger partial charge is 0.240 e. The van der Waals surface area contributed by atoms with Crippen LogP contribution in [0.15, 0.2) is 0 Å². The first-order chi connectivity index (χ1) is 8.10. The number of carbonyl (C=O) groups excluding carboxylic acids is 1. The molecule has 0 aromatic heterocycles. The maximum atomic E-state index is 12.5. The minimum atomic E-state index is 0.0565. The van der Waals surface area contributed by atoms with Crippen molar-refractivity contribution in [3.8, 4) is 0 Å². The van der Waals surface area contributed by atoms with Gasteiger partial charge in [-0.2, -0.15) is 0 Å². The van der Waals surface area contributed by atoms with Crippen molar-refractivity contribution >= 4 is 5.91 Å². The van der Waals surface area contributed by atoms with Gasteiger partial charge >= 0.3 is 0 Å². The summed E-state index contributed by atoms with van der Waals surface area (Å²) in [5, 5.41) is 3.50. The lowest BCUT2D eigenvalue weighted by Crippen LogP contribution is -2.58. The minimum Gasteiger partial charge on any atom is -0.336 e. The van der Waals surface area contributed by atoms with Gasteiger partial charge in [-0.05, 0) is 45.4 Å². The molecule has 1 unspecified atom stereocenters. The zero-order chi connectivity index (χ0) is 12.5. The molecule has 2 rings (SSSR count). The molecule has 3 heteroatoms. The van der Waals surface area contributed by atoms with Crippen molar-refractivity contribution in [3.63, 3.8) is 0 Å². The van der Waals surface area contributed by atoms with Crippen LogP contribution in [-0.2, 0) is 4.79 Å². The molecule has 0 aromatic rings. The van der Waals surface area contributed by atoms with Crippen molar-refractivity contribution in [2.45, 2.75) is 76.9 Å². The fraction of sp³-hybridized carbons (Fsp3) is 0.929. The van der Waals surface area contributed by atoms with Gasteiger partial charge in [0.15, 0.2) is 0 Å². The summed E-state index contributed by atoms with van der Waals surface area (Å²) in [5.74, 6) is 0.342. The maximum Gasteiger partial charge on any atom is 0.240 e. The van der Waals surface area contributed by atoms with Crippen LogP contribution in [0, 0.1) is 0 Å². The fourth-order valence-corrected chi connectivity index (χ4v) is 2.73. The van der Waals surface area contributed by atoms with E-state index in [0.717, 1.165) is 32.2 Å². The first-order valence-electron chi connectivity index (χ1n) is 7.18. The molecule has 0 spiro atoms. The van der Waals surface area contributed by atoms with Crippen LogP contribution >= 0.6 is 0 Å². The van der Waals surface area contributed by atoms with Crippen LogP contribution < -0.4 is 5.32 Å². The van der Waals surface area contributed by atoms with Crippen LogP contribution in [0.3, 0.4) is 0 Å². The van der Waals surface area contributed by atoms with E-state index in [1.165, 1.54) is 12.8 Å². The summed E-state index contributed by atoms with van der Waals surface area (Å²) in [6.45, 7) is 7.55. The summed E-state index contributed by atoms with van der Waals surface area (Å²) in [7, 11) is 0. The van der Waals surface area contributed by atoms with Gasteiger partial charge in [0.05, 0.1) is 6.04 Å². The van der Waals surface area contributed by atoms with Gasteiger partial charge < -0.3 is 10.2 Å². The molecule has 2 fully saturated rings. The van der Waals surface area contributed by atoms with Gasteiger partial charge in [0.2, 0.25) is 5.91 Å². The molecular formula is C14H26N2O. The predicted octanol–water partition coefficient (Wildman–Crippen LogP) is 2.31. The van der Waals surface area contributed by atoms with Crippen molar-refractivity contribution in [3.05, 3.63) is 0 Å². The highest BCUT2D eigenvalue weighted by Gasteiger charge is 2.39. The number of nitrogens with one attached hydrogen (secondary N) is 1. The lowest BCUT2D eigenvalue weighted by molar-refractivity contribution is -0.143. The van der Waals surface area contributed by atoms with E-state index in [4.69, 9.17) is 0 Å². The Morgan fingerprint density at radius 3 is 2.47 bits per heavy atom. The minimum absolute atomic E-state index is 0.0565. The second-order valence-electron chi connectivity index (χ2n) is 5.83. The topological polar surface area (TPSA) is 32.3 Å². The summed E-state index contributed by atoms with van der Waals surface area (Å²) >= 11 is 0. The quantitative estimate of drug-likeness (QED) is 0.797. The molecule has 1 saturated heterocycles. The predicted molar refractivity (Wildman–Crippen MR) is 69.9 cm³/mol. The number of hydrogen-bond donors (Lipinski definition) is 1. The highest BCUT2D eigenvalue weighted by molar-refractivity contribution is 5.83. The third kappa shape index (κ3) is 2.65. The largest absolute Gasteiger partial charge is 0.336 e. The van der Waals surface area contributed by atoms with Crippen LogP contribution in [0.25, 0.3) is 0 Å². The number of hydrogen-bond acceptors (Lipinski definition) is 2. The van der Waals surface area contributed by atoms with Crippen molar-refractivity contribution in [1.82, 2.24) is 10.2 Å². The van der Waals surface area contributed by atoms with E-state index in [1.807, 2.05) is 0 Å². The SMILES string of the molecule is CCC(C)(CC)N1CCCC(NC2CC2)C1=O. The van der Waals surface area contributed by atoms with E-state index in [2.05, 4.69) is 31.0 Å². The third-order valence-corrected chi connectivity index (χ3v) is 4.63. The normalized spacial score (nSPS) is 26.4. The zero-order valence-corrected chi connectivity index (χ0v) is 11.5. The first kappa shape index (κ1) is 12.9. The second-order valence-corrected chi connectivity index (χ2v) is 5.83. The fourth-order valence-electron chi connectivity index (χ4n) is 2.73. The van der Waals surface area contributed by atoms with Gasteiger partial charge in [-0.25, -0.2) is 0 Å². The highest BCUT2D eigenvalue weighted by Crippen LogP contribution is 2.29. The Balaban J connectivity index is 2.03. The Labute approximate surface area is 105 Å². The Kier molecular flexibility index (Phi) is 3.76. The molecule has 2 aliphatic rings. The first-order valence-corrected chi connectivity index (χ1v) is 7.18. The number of likely N-dealkylation sites (tertiary alicyclic amines) is 1. The number of nitrogens with zero attached hydrogens (tertiary/aromatic N) is 1. The van der Waals surface area contributed by atoms with Crippen LogP contribution in [0.2, 0.25) is 0 Å². The van der Waals surface area contributed by atoms with Gasteiger partial charge in [-0.15, -0.1) is 0 Å². The highest BCUT2D eigenvalue weighted by atomic mass is 16.2. The van der Waals surface area contributed by atoms with Crippen molar-refractivity contribution in [1.29, 1.82) is 0 Å². The molecule has 1 amide bonds. The number of rotatable bonds is 5. The van der Waals surface area contributed by atoms with Crippen LogP contribution in [0.1, 0.15) is 59.3 Å². The van der Waals surface area contributed by atoms with Crippen LogP contribution in [-0.4, -0.2) is 35.0 Å². The Morgan fingerprint density at radius 2 is 1.94 bits per heavy atom. The molecule has 0 aromatic carbocycles. The summed E-state index contributed by atoms with van der Waals surface area (Å²) in [4.78, 5) is 14.7. The van der Waals surface area contributed by atoms with Crippen LogP contribution in [0.5, 0.6) is 0 Å². The summed E-state index contributed by atoms with van der Waals surface area (Å²) in [6, 6.07) is 0.715. The Morgan fingerprint density at radius 1 is 1.29 bits per heavy atom. The summed E-state index contributed by atoms with van der Waals surface area (Å²) in [5.41, 5.74) is 0.0565. The summed E-state index contributed by atoms with van der Waals surface area (Å²) in [6.07, 6.45) is 6.77.